The molecule has 1 saturated heterocycles. The molecule has 3 fully saturated rings. The normalized spacial score (nSPS) is 19.1. The monoisotopic (exact) mass is 522 g/mol. The fourth-order valence-electron chi connectivity index (χ4n) is 4.89. The average Bonchev–Trinajstić information content (AvgIpc) is 3.74. The number of benzene rings is 2. The zero-order chi connectivity index (χ0) is 26.3. The van der Waals surface area contributed by atoms with Crippen molar-refractivity contribution in [1.29, 1.82) is 5.26 Å². The van der Waals surface area contributed by atoms with Crippen molar-refractivity contribution >= 4 is 27.8 Å². The van der Waals surface area contributed by atoms with Crippen LogP contribution >= 0.6 is 0 Å². The lowest BCUT2D eigenvalue weighted by Gasteiger charge is -2.38. The standard InChI is InChI=1S/C23H28N2O3S.C5H6N2O/c26-23(19-7-3-1-4-8-19)25-17-15-24(16-18-25)20-11-13-22(14-12-20)29(27,28)21-9-5-2-6-10-21;6-3-5(1-2-5)7-4-8/h2,5-6,9-14,19H,1,3-4,7-8,15-18H2;4H,1-2H2,(H,7,8). The summed E-state index contributed by atoms with van der Waals surface area (Å²) in [6.07, 6.45) is 7.88. The molecule has 2 amide bonds. The fourth-order valence-corrected chi connectivity index (χ4v) is 6.17. The summed E-state index contributed by atoms with van der Waals surface area (Å²) in [5.41, 5.74) is 0.531. The summed E-state index contributed by atoms with van der Waals surface area (Å²) in [6.45, 7) is 3.03. The Balaban J connectivity index is 0.000000342. The summed E-state index contributed by atoms with van der Waals surface area (Å²) in [7, 11) is -3.49. The Kier molecular flexibility index (Phi) is 8.49. The maximum atomic E-state index is 12.7. The Morgan fingerprint density at radius 3 is 2.03 bits per heavy atom. The van der Waals surface area contributed by atoms with Gasteiger partial charge in [0, 0.05) is 37.8 Å². The Hall–Kier alpha value is -3.38. The number of nitriles is 1. The van der Waals surface area contributed by atoms with Crippen molar-refractivity contribution in [3.8, 4) is 6.07 Å². The second-order valence-corrected chi connectivity index (χ2v) is 11.9. The topological polar surface area (TPSA) is 111 Å². The van der Waals surface area contributed by atoms with Crippen LogP contribution in [0.3, 0.4) is 0 Å². The minimum Gasteiger partial charge on any atom is -0.368 e. The van der Waals surface area contributed by atoms with Crippen LogP contribution in [0.25, 0.3) is 0 Å². The third-order valence-electron chi connectivity index (χ3n) is 7.41. The van der Waals surface area contributed by atoms with Crippen molar-refractivity contribution in [3.05, 3.63) is 54.6 Å². The number of hydrogen-bond donors (Lipinski definition) is 1. The molecule has 0 aromatic heterocycles. The first-order valence-corrected chi connectivity index (χ1v) is 14.4. The summed E-state index contributed by atoms with van der Waals surface area (Å²) < 4.78 is 25.5. The largest absolute Gasteiger partial charge is 0.368 e. The number of nitrogens with zero attached hydrogens (tertiary/aromatic N) is 3. The van der Waals surface area contributed by atoms with E-state index in [-0.39, 0.29) is 5.92 Å². The Morgan fingerprint density at radius 1 is 0.919 bits per heavy atom. The average molecular weight is 523 g/mol. The highest BCUT2D eigenvalue weighted by atomic mass is 32.2. The molecule has 196 valence electrons. The van der Waals surface area contributed by atoms with Crippen molar-refractivity contribution in [2.75, 3.05) is 31.1 Å². The van der Waals surface area contributed by atoms with E-state index in [1.807, 2.05) is 23.1 Å². The van der Waals surface area contributed by atoms with E-state index in [9.17, 15) is 18.0 Å². The van der Waals surface area contributed by atoms with Gasteiger partial charge in [0.15, 0.2) is 0 Å². The minimum atomic E-state index is -3.49. The molecule has 37 heavy (non-hydrogen) atoms. The van der Waals surface area contributed by atoms with Gasteiger partial charge in [0.25, 0.3) is 0 Å². The maximum Gasteiger partial charge on any atom is 0.225 e. The molecule has 1 aliphatic heterocycles. The van der Waals surface area contributed by atoms with E-state index in [1.54, 1.807) is 42.5 Å². The van der Waals surface area contributed by atoms with Gasteiger partial charge in [0.2, 0.25) is 22.2 Å². The van der Waals surface area contributed by atoms with Crippen LogP contribution in [0, 0.1) is 17.2 Å². The van der Waals surface area contributed by atoms with Crippen LogP contribution < -0.4 is 10.2 Å². The molecule has 0 bridgehead atoms. The molecule has 2 aliphatic carbocycles. The van der Waals surface area contributed by atoms with Gasteiger partial charge in [-0.05, 0) is 62.1 Å². The van der Waals surface area contributed by atoms with Gasteiger partial charge in [0.05, 0.1) is 15.9 Å². The van der Waals surface area contributed by atoms with Gasteiger partial charge in [-0.2, -0.15) is 5.26 Å². The van der Waals surface area contributed by atoms with E-state index in [1.165, 1.54) is 19.3 Å². The van der Waals surface area contributed by atoms with Crippen molar-refractivity contribution in [2.24, 2.45) is 5.92 Å². The molecule has 5 rings (SSSR count). The fraction of sp³-hybridized carbons (Fsp3) is 0.464. The summed E-state index contributed by atoms with van der Waals surface area (Å²) in [5, 5.41) is 10.8. The summed E-state index contributed by atoms with van der Waals surface area (Å²) in [5.74, 6) is 0.548. The van der Waals surface area contributed by atoms with Gasteiger partial charge in [-0.3, -0.25) is 9.59 Å². The molecule has 0 unspecified atom stereocenters. The van der Waals surface area contributed by atoms with Gasteiger partial charge in [-0.25, -0.2) is 8.42 Å². The van der Waals surface area contributed by atoms with Crippen LogP contribution in [-0.4, -0.2) is 57.4 Å². The summed E-state index contributed by atoms with van der Waals surface area (Å²) >= 11 is 0. The van der Waals surface area contributed by atoms with Crippen LogP contribution in [0.2, 0.25) is 0 Å². The number of carbonyl (C=O) groups is 2. The van der Waals surface area contributed by atoms with E-state index in [0.29, 0.717) is 22.1 Å². The van der Waals surface area contributed by atoms with Crippen molar-refractivity contribution in [3.63, 3.8) is 0 Å². The van der Waals surface area contributed by atoms with Crippen LogP contribution in [0.4, 0.5) is 5.69 Å². The molecule has 2 aromatic carbocycles. The molecule has 2 aromatic rings. The smallest absolute Gasteiger partial charge is 0.225 e. The van der Waals surface area contributed by atoms with Crippen molar-refractivity contribution < 1.29 is 18.0 Å². The second-order valence-electron chi connectivity index (χ2n) is 9.91. The third-order valence-corrected chi connectivity index (χ3v) is 9.20. The first-order valence-electron chi connectivity index (χ1n) is 13.0. The second kappa shape index (κ2) is 11.8. The van der Waals surface area contributed by atoms with Gasteiger partial charge >= 0.3 is 0 Å². The SMILES string of the molecule is N#CC1(NC=O)CC1.O=C(C1CCCCC1)N1CCN(c2ccc(S(=O)(=O)c3ccccc3)cc2)CC1. The molecule has 1 heterocycles. The number of amides is 2. The van der Waals surface area contributed by atoms with E-state index in [0.717, 1.165) is 57.5 Å². The Morgan fingerprint density at radius 2 is 1.51 bits per heavy atom. The highest BCUT2D eigenvalue weighted by Crippen LogP contribution is 2.33. The highest BCUT2D eigenvalue weighted by molar-refractivity contribution is 7.91. The molecule has 1 N–H and O–H groups in total. The van der Waals surface area contributed by atoms with Gasteiger partial charge in [-0.15, -0.1) is 0 Å². The van der Waals surface area contributed by atoms with Gasteiger partial charge < -0.3 is 15.1 Å². The van der Waals surface area contributed by atoms with Crippen LogP contribution in [0.1, 0.15) is 44.9 Å². The number of rotatable bonds is 6. The van der Waals surface area contributed by atoms with E-state index in [4.69, 9.17) is 5.26 Å². The summed E-state index contributed by atoms with van der Waals surface area (Å²) in [4.78, 5) is 27.3. The molecule has 8 nitrogen and oxygen atoms in total. The lowest BCUT2D eigenvalue weighted by molar-refractivity contribution is -0.136. The van der Waals surface area contributed by atoms with Crippen molar-refractivity contribution in [1.82, 2.24) is 10.2 Å². The van der Waals surface area contributed by atoms with Crippen LogP contribution in [0.5, 0.6) is 0 Å². The number of hydrogen-bond acceptors (Lipinski definition) is 6. The number of anilines is 1. The molecular weight excluding hydrogens is 488 g/mol. The minimum absolute atomic E-state index is 0.220. The first-order chi connectivity index (χ1) is 17.9. The Labute approximate surface area is 219 Å². The molecule has 2 saturated carbocycles. The maximum absolute atomic E-state index is 12.7. The zero-order valence-corrected chi connectivity index (χ0v) is 21.8. The number of piperazine rings is 1. The molecule has 9 heteroatoms. The first kappa shape index (κ1) is 26.7. The predicted octanol–water partition coefficient (Wildman–Crippen LogP) is 3.54. The van der Waals surface area contributed by atoms with E-state index < -0.39 is 15.4 Å². The summed E-state index contributed by atoms with van der Waals surface area (Å²) in [6, 6.07) is 17.6. The quantitative estimate of drug-likeness (QED) is 0.581. The molecular formula is C28H34N4O4S. The zero-order valence-electron chi connectivity index (χ0n) is 21.0. The van der Waals surface area contributed by atoms with E-state index in [2.05, 4.69) is 10.2 Å². The molecule has 0 spiro atoms. The lowest BCUT2D eigenvalue weighted by atomic mass is 9.88. The molecule has 0 atom stereocenters. The molecule has 3 aliphatic rings. The predicted molar refractivity (Wildman–Crippen MR) is 140 cm³/mol. The lowest BCUT2D eigenvalue weighted by Crippen LogP contribution is -2.50. The van der Waals surface area contributed by atoms with Gasteiger partial charge in [0.1, 0.15) is 5.54 Å². The van der Waals surface area contributed by atoms with Crippen LogP contribution in [-0.2, 0) is 19.4 Å². The van der Waals surface area contributed by atoms with Gasteiger partial charge in [-0.1, -0.05) is 37.5 Å². The Bertz CT molecular complexity index is 1210. The third kappa shape index (κ3) is 6.50. The van der Waals surface area contributed by atoms with Crippen molar-refractivity contribution in [2.45, 2.75) is 60.3 Å². The molecule has 0 radical (unpaired) electrons. The van der Waals surface area contributed by atoms with E-state index >= 15 is 0 Å². The number of sulfone groups is 1. The highest BCUT2D eigenvalue weighted by Gasteiger charge is 2.42. The number of nitrogens with one attached hydrogen (secondary N) is 1. The van der Waals surface area contributed by atoms with Crippen LogP contribution in [0.15, 0.2) is 64.4 Å². The number of carbonyl (C=O) groups excluding carboxylic acids is 2.